The molecule has 2 aromatic rings. The molecule has 0 bridgehead atoms. The van der Waals surface area contributed by atoms with Crippen molar-refractivity contribution in [2.24, 2.45) is 0 Å². The van der Waals surface area contributed by atoms with Gasteiger partial charge in [-0.1, -0.05) is 35.4 Å². The zero-order chi connectivity index (χ0) is 16.9. The van der Waals surface area contributed by atoms with Gasteiger partial charge in [0.25, 0.3) is 0 Å². The van der Waals surface area contributed by atoms with Crippen molar-refractivity contribution in [3.63, 3.8) is 0 Å². The van der Waals surface area contributed by atoms with Crippen LogP contribution in [-0.4, -0.2) is 11.9 Å². The van der Waals surface area contributed by atoms with E-state index < -0.39 is 11.9 Å². The molecule has 0 aliphatic rings. The molecule has 0 spiro atoms. The largest absolute Gasteiger partial charge is 2.00 e. The standard InChI is InChI=1S/2C9H10O2.Zn/c2*1-6-3-4-7(2)8(5-6)9(10)11;/h2*3-5H,1-2H3,(H,10,11);/q;;+2/p-2. The van der Waals surface area contributed by atoms with Gasteiger partial charge in [-0.2, -0.15) is 0 Å². The van der Waals surface area contributed by atoms with E-state index in [0.29, 0.717) is 0 Å². The topological polar surface area (TPSA) is 80.3 Å². The molecule has 0 unspecified atom stereocenters. The number of benzene rings is 2. The SMILES string of the molecule is Cc1ccc(C)c(C(=O)[O-])c1.Cc1ccc(C)c(C(=O)[O-])c1.[Zn+2]. The Balaban J connectivity index is 0.000000403. The zero-order valence-corrected chi connectivity index (χ0v) is 16.8. The molecule has 5 heteroatoms. The second kappa shape index (κ2) is 9.21. The average Bonchev–Trinajstić information content (AvgIpc) is 2.44. The summed E-state index contributed by atoms with van der Waals surface area (Å²) >= 11 is 0. The van der Waals surface area contributed by atoms with Gasteiger partial charge in [0.15, 0.2) is 0 Å². The van der Waals surface area contributed by atoms with Crippen LogP contribution in [0.3, 0.4) is 0 Å². The normalized spacial score (nSPS) is 9.22. The molecule has 0 saturated carbocycles. The van der Waals surface area contributed by atoms with E-state index in [4.69, 9.17) is 0 Å². The van der Waals surface area contributed by atoms with Crippen LogP contribution >= 0.6 is 0 Å². The van der Waals surface area contributed by atoms with Crippen LogP contribution in [0.1, 0.15) is 43.0 Å². The first-order valence-corrected chi connectivity index (χ1v) is 6.79. The zero-order valence-electron chi connectivity index (χ0n) is 13.8. The van der Waals surface area contributed by atoms with Gasteiger partial charge in [0.2, 0.25) is 0 Å². The van der Waals surface area contributed by atoms with Crippen molar-refractivity contribution in [3.8, 4) is 0 Å². The van der Waals surface area contributed by atoms with Crippen molar-refractivity contribution < 1.29 is 39.3 Å². The summed E-state index contributed by atoms with van der Waals surface area (Å²) < 4.78 is 0. The van der Waals surface area contributed by atoms with Crippen molar-refractivity contribution in [2.45, 2.75) is 27.7 Å². The van der Waals surface area contributed by atoms with Gasteiger partial charge in [-0.15, -0.1) is 0 Å². The van der Waals surface area contributed by atoms with Crippen molar-refractivity contribution in [1.82, 2.24) is 0 Å². The predicted molar refractivity (Wildman–Crippen MR) is 80.5 cm³/mol. The Morgan fingerprint density at radius 2 is 1.00 bits per heavy atom. The van der Waals surface area contributed by atoms with E-state index in [9.17, 15) is 19.8 Å². The maximum atomic E-state index is 10.5. The van der Waals surface area contributed by atoms with Gasteiger partial charge in [0, 0.05) is 11.1 Å². The summed E-state index contributed by atoms with van der Waals surface area (Å²) in [4.78, 5) is 20.9. The maximum absolute atomic E-state index is 10.5. The van der Waals surface area contributed by atoms with Crippen LogP contribution in [0.25, 0.3) is 0 Å². The molecule has 0 radical (unpaired) electrons. The molecular formula is C18H18O4Zn. The first kappa shape index (κ1) is 21.0. The third kappa shape index (κ3) is 6.33. The molecule has 0 heterocycles. The number of hydrogen-bond donors (Lipinski definition) is 0. The first-order valence-electron chi connectivity index (χ1n) is 6.79. The number of carbonyl (C=O) groups excluding carboxylic acids is 2. The number of carboxylic acids is 2. The van der Waals surface area contributed by atoms with E-state index in [-0.39, 0.29) is 30.6 Å². The molecule has 2 aromatic carbocycles. The van der Waals surface area contributed by atoms with Crippen LogP contribution in [-0.2, 0) is 19.5 Å². The number of hydrogen-bond acceptors (Lipinski definition) is 4. The van der Waals surface area contributed by atoms with Gasteiger partial charge < -0.3 is 19.8 Å². The van der Waals surface area contributed by atoms with Crippen molar-refractivity contribution in [2.75, 3.05) is 0 Å². The Morgan fingerprint density at radius 1 is 0.696 bits per heavy atom. The minimum absolute atomic E-state index is 0. The summed E-state index contributed by atoms with van der Waals surface area (Å²) in [7, 11) is 0. The van der Waals surface area contributed by atoms with E-state index in [1.54, 1.807) is 38.1 Å². The van der Waals surface area contributed by atoms with Crippen LogP contribution in [0.4, 0.5) is 0 Å². The van der Waals surface area contributed by atoms with Crippen LogP contribution < -0.4 is 10.2 Å². The fourth-order valence-corrected chi connectivity index (χ4v) is 1.91. The van der Waals surface area contributed by atoms with E-state index in [2.05, 4.69) is 0 Å². The van der Waals surface area contributed by atoms with Crippen molar-refractivity contribution >= 4 is 11.9 Å². The maximum Gasteiger partial charge on any atom is 2.00 e. The van der Waals surface area contributed by atoms with E-state index in [1.807, 2.05) is 26.0 Å². The number of rotatable bonds is 2. The molecule has 0 aliphatic heterocycles. The molecule has 0 aromatic heterocycles. The quantitative estimate of drug-likeness (QED) is 0.754. The first-order chi connectivity index (χ1) is 10.2. The molecule has 2 rings (SSSR count). The Labute approximate surface area is 148 Å². The predicted octanol–water partition coefficient (Wildman–Crippen LogP) is 1.33. The van der Waals surface area contributed by atoms with E-state index in [0.717, 1.165) is 22.3 Å². The molecule has 0 saturated heterocycles. The van der Waals surface area contributed by atoms with Crippen molar-refractivity contribution in [3.05, 3.63) is 69.8 Å². The second-order valence-electron chi connectivity index (χ2n) is 5.21. The van der Waals surface area contributed by atoms with E-state index in [1.165, 1.54) is 0 Å². The Hall–Kier alpha value is -2.00. The van der Waals surface area contributed by atoms with Gasteiger partial charge in [0.1, 0.15) is 0 Å². The fraction of sp³-hybridized carbons (Fsp3) is 0.222. The summed E-state index contributed by atoms with van der Waals surface area (Å²) in [6, 6.07) is 10.5. The number of aryl methyl sites for hydroxylation is 4. The molecule has 116 valence electrons. The van der Waals surface area contributed by atoms with Crippen LogP contribution in [0, 0.1) is 27.7 Å². The summed E-state index contributed by atoms with van der Waals surface area (Å²) in [6.45, 7) is 7.22. The molecule has 0 atom stereocenters. The molecule has 23 heavy (non-hydrogen) atoms. The number of carboxylic acid groups (broad SMARTS) is 2. The van der Waals surface area contributed by atoms with Crippen LogP contribution in [0.5, 0.6) is 0 Å². The minimum atomic E-state index is -1.11. The Kier molecular flexibility index (Phi) is 8.41. The molecule has 4 nitrogen and oxygen atoms in total. The van der Waals surface area contributed by atoms with Crippen molar-refractivity contribution in [1.29, 1.82) is 0 Å². The van der Waals surface area contributed by atoms with E-state index >= 15 is 0 Å². The monoisotopic (exact) mass is 362 g/mol. The van der Waals surface area contributed by atoms with Crippen LogP contribution in [0.2, 0.25) is 0 Å². The summed E-state index contributed by atoms with van der Waals surface area (Å²) in [5.41, 5.74) is 3.94. The molecular weight excluding hydrogens is 346 g/mol. The third-order valence-corrected chi connectivity index (χ3v) is 3.23. The number of carbonyl (C=O) groups is 2. The third-order valence-electron chi connectivity index (χ3n) is 3.23. The average molecular weight is 364 g/mol. The van der Waals surface area contributed by atoms with Gasteiger partial charge in [-0.3, -0.25) is 0 Å². The van der Waals surface area contributed by atoms with Gasteiger partial charge in [-0.05, 0) is 51.0 Å². The second-order valence-corrected chi connectivity index (χ2v) is 5.21. The van der Waals surface area contributed by atoms with Gasteiger partial charge in [-0.25, -0.2) is 0 Å². The molecule has 0 amide bonds. The van der Waals surface area contributed by atoms with Gasteiger partial charge in [0.05, 0.1) is 11.9 Å². The summed E-state index contributed by atoms with van der Waals surface area (Å²) in [6.07, 6.45) is 0. The molecule has 0 N–H and O–H groups in total. The van der Waals surface area contributed by atoms with Crippen LogP contribution in [0.15, 0.2) is 36.4 Å². The molecule has 0 fully saturated rings. The Bertz CT molecular complexity index is 647. The minimum Gasteiger partial charge on any atom is -0.545 e. The fourth-order valence-electron chi connectivity index (χ4n) is 1.91. The van der Waals surface area contributed by atoms with Gasteiger partial charge >= 0.3 is 19.5 Å². The molecule has 0 aliphatic carbocycles. The number of aromatic carboxylic acids is 2. The Morgan fingerprint density at radius 3 is 1.22 bits per heavy atom. The summed E-state index contributed by atoms with van der Waals surface area (Å²) in [5, 5.41) is 20.9. The smallest absolute Gasteiger partial charge is 0.545 e. The summed E-state index contributed by atoms with van der Waals surface area (Å²) in [5.74, 6) is -2.21.